The Labute approximate surface area is 195 Å². The normalized spacial score (nSPS) is 11.8. The summed E-state index contributed by atoms with van der Waals surface area (Å²) in [6.07, 6.45) is 0.307. The lowest BCUT2D eigenvalue weighted by atomic mass is 9.95. The van der Waals surface area contributed by atoms with E-state index in [9.17, 15) is 9.90 Å². The highest BCUT2D eigenvalue weighted by atomic mass is 35.5. The lowest BCUT2D eigenvalue weighted by Gasteiger charge is -2.21. The van der Waals surface area contributed by atoms with Crippen LogP contribution in [0.15, 0.2) is 48.7 Å². The molecular formula is C25H32ClNO3S. The molecule has 2 N–H and O–H groups in total. The Morgan fingerprint density at radius 1 is 1.13 bits per heavy atom. The summed E-state index contributed by atoms with van der Waals surface area (Å²) in [5, 5.41) is 13.0. The summed E-state index contributed by atoms with van der Waals surface area (Å²) in [5.41, 5.74) is 2.04. The van der Waals surface area contributed by atoms with E-state index in [1.165, 1.54) is 0 Å². The topological polar surface area (TPSA) is 58.6 Å². The van der Waals surface area contributed by atoms with Crippen LogP contribution in [0.3, 0.4) is 0 Å². The molecule has 6 heteroatoms. The predicted molar refractivity (Wildman–Crippen MR) is 133 cm³/mol. The first kappa shape index (κ1) is 25.2. The van der Waals surface area contributed by atoms with Gasteiger partial charge in [0.2, 0.25) is 5.91 Å². The fraction of sp³-hybridized carbons (Fsp3) is 0.400. The molecule has 1 amide bonds. The van der Waals surface area contributed by atoms with E-state index in [0.29, 0.717) is 22.9 Å². The van der Waals surface area contributed by atoms with Gasteiger partial charge in [0, 0.05) is 38.6 Å². The Hall–Kier alpha value is -2.11. The third-order valence-electron chi connectivity index (χ3n) is 4.23. The number of allylic oxidation sites excluding steroid dienone is 1. The van der Waals surface area contributed by atoms with Gasteiger partial charge in [0.25, 0.3) is 0 Å². The highest BCUT2D eigenvalue weighted by Crippen LogP contribution is 2.36. The molecule has 31 heavy (non-hydrogen) atoms. The number of carbonyl (C=O) groups excluding carboxylic acids is 1. The number of aliphatic hydroxyl groups excluding tert-OH is 1. The van der Waals surface area contributed by atoms with Crippen LogP contribution in [0.2, 0.25) is 5.02 Å². The van der Waals surface area contributed by atoms with Gasteiger partial charge in [-0.2, -0.15) is 11.8 Å². The van der Waals surface area contributed by atoms with Gasteiger partial charge in [0.05, 0.1) is 5.76 Å². The number of hydrogen-bond donors (Lipinski definition) is 2. The zero-order valence-corrected chi connectivity index (χ0v) is 20.7. The molecule has 0 heterocycles. The zero-order chi connectivity index (χ0) is 23.4. The number of rotatable bonds is 7. The first-order chi connectivity index (χ1) is 14.2. The molecular weight excluding hydrogens is 430 g/mol. The molecule has 0 saturated heterocycles. The molecule has 0 radical (unpaired) electrons. The average molecular weight is 462 g/mol. The second-order valence-corrected chi connectivity index (χ2v) is 11.8. The maximum atomic E-state index is 12.4. The lowest BCUT2D eigenvalue weighted by molar-refractivity contribution is -0.123. The maximum Gasteiger partial charge on any atom is 0.229 e. The zero-order valence-electron chi connectivity index (χ0n) is 19.1. The molecule has 2 aromatic rings. The third-order valence-corrected chi connectivity index (χ3v) is 5.77. The van der Waals surface area contributed by atoms with E-state index in [2.05, 4.69) is 32.7 Å². The summed E-state index contributed by atoms with van der Waals surface area (Å²) in [5.74, 6) is 2.02. The van der Waals surface area contributed by atoms with Gasteiger partial charge >= 0.3 is 0 Å². The molecule has 0 aliphatic rings. The van der Waals surface area contributed by atoms with Crippen molar-refractivity contribution >= 4 is 35.0 Å². The Balaban J connectivity index is 2.35. The summed E-state index contributed by atoms with van der Waals surface area (Å²) in [7, 11) is 0. The minimum atomic E-state index is -0.483. The summed E-state index contributed by atoms with van der Waals surface area (Å²) < 4.78 is 6.26. The number of ether oxygens (including phenoxy) is 1. The average Bonchev–Trinajstić information content (AvgIpc) is 2.59. The van der Waals surface area contributed by atoms with Crippen molar-refractivity contribution in [1.29, 1.82) is 0 Å². The summed E-state index contributed by atoms with van der Waals surface area (Å²) in [6.45, 7) is 15.7. The highest BCUT2D eigenvalue weighted by Gasteiger charge is 2.22. The quantitative estimate of drug-likeness (QED) is 0.413. The van der Waals surface area contributed by atoms with Gasteiger partial charge in [0.15, 0.2) is 0 Å². The number of thioether (sulfide) groups is 1. The maximum absolute atomic E-state index is 12.4. The smallest absolute Gasteiger partial charge is 0.229 e. The van der Waals surface area contributed by atoms with Crippen molar-refractivity contribution in [2.75, 3.05) is 5.32 Å². The van der Waals surface area contributed by atoms with Gasteiger partial charge in [-0.1, -0.05) is 59.7 Å². The lowest BCUT2D eigenvalue weighted by Crippen LogP contribution is -2.27. The van der Waals surface area contributed by atoms with Crippen molar-refractivity contribution in [3.63, 3.8) is 0 Å². The van der Waals surface area contributed by atoms with Crippen LogP contribution in [0, 0.1) is 5.41 Å². The number of amides is 1. The van der Waals surface area contributed by atoms with Crippen molar-refractivity contribution in [1.82, 2.24) is 0 Å². The SMILES string of the molecule is C=C(O)Cc1cc(Cl)cc(Oc2ccc(NC(=O)C(C)(C)C)cc2CSC(C)(C)C)c1. The van der Waals surface area contributed by atoms with Gasteiger partial charge in [0.1, 0.15) is 11.5 Å². The number of aliphatic hydroxyl groups is 1. The second-order valence-electron chi connectivity index (χ2n) is 9.57. The highest BCUT2D eigenvalue weighted by molar-refractivity contribution is 7.99. The fourth-order valence-corrected chi connectivity index (χ4v) is 3.69. The number of nitrogens with one attached hydrogen (secondary N) is 1. The van der Waals surface area contributed by atoms with E-state index < -0.39 is 5.41 Å². The molecule has 2 aromatic carbocycles. The van der Waals surface area contributed by atoms with Crippen LogP contribution in [-0.2, 0) is 17.0 Å². The molecule has 2 rings (SSSR count). The van der Waals surface area contributed by atoms with Crippen LogP contribution in [0.5, 0.6) is 11.5 Å². The first-order valence-electron chi connectivity index (χ1n) is 10.2. The molecule has 0 bridgehead atoms. The molecule has 4 nitrogen and oxygen atoms in total. The summed E-state index contributed by atoms with van der Waals surface area (Å²) in [6, 6.07) is 11.0. The molecule has 0 atom stereocenters. The number of benzene rings is 2. The summed E-state index contributed by atoms with van der Waals surface area (Å²) in [4.78, 5) is 12.4. The van der Waals surface area contributed by atoms with Crippen molar-refractivity contribution in [2.24, 2.45) is 5.41 Å². The van der Waals surface area contributed by atoms with Gasteiger partial charge in [-0.3, -0.25) is 4.79 Å². The number of anilines is 1. The number of hydrogen-bond acceptors (Lipinski definition) is 4. The van der Waals surface area contributed by atoms with E-state index >= 15 is 0 Å². The van der Waals surface area contributed by atoms with Crippen LogP contribution < -0.4 is 10.1 Å². The third kappa shape index (κ3) is 8.50. The van der Waals surface area contributed by atoms with E-state index in [1.54, 1.807) is 23.9 Å². The van der Waals surface area contributed by atoms with Crippen LogP contribution in [0.1, 0.15) is 52.7 Å². The second kappa shape index (κ2) is 10.0. The van der Waals surface area contributed by atoms with Gasteiger partial charge in [-0.05, 0) is 42.0 Å². The molecule has 0 spiro atoms. The molecule has 0 saturated carbocycles. The predicted octanol–water partition coefficient (Wildman–Crippen LogP) is 7.76. The monoisotopic (exact) mass is 461 g/mol. The van der Waals surface area contributed by atoms with E-state index in [0.717, 1.165) is 22.6 Å². The van der Waals surface area contributed by atoms with Gasteiger partial charge in [-0.25, -0.2) is 0 Å². The molecule has 0 aliphatic heterocycles. The summed E-state index contributed by atoms with van der Waals surface area (Å²) >= 11 is 8.04. The minimum Gasteiger partial charge on any atom is -0.513 e. The number of halogens is 1. The van der Waals surface area contributed by atoms with Crippen LogP contribution in [0.4, 0.5) is 5.69 Å². The van der Waals surface area contributed by atoms with E-state index in [4.69, 9.17) is 16.3 Å². The first-order valence-corrected chi connectivity index (χ1v) is 11.5. The van der Waals surface area contributed by atoms with Gasteiger partial charge < -0.3 is 15.2 Å². The van der Waals surface area contributed by atoms with Crippen LogP contribution in [0.25, 0.3) is 0 Å². The fourth-order valence-electron chi connectivity index (χ4n) is 2.63. The van der Waals surface area contributed by atoms with Crippen LogP contribution in [-0.4, -0.2) is 15.8 Å². The molecule has 0 unspecified atom stereocenters. The van der Waals surface area contributed by atoms with Crippen LogP contribution >= 0.6 is 23.4 Å². The Morgan fingerprint density at radius 2 is 1.81 bits per heavy atom. The van der Waals surface area contributed by atoms with Crippen molar-refractivity contribution in [2.45, 2.75) is 58.5 Å². The van der Waals surface area contributed by atoms with Crippen molar-refractivity contribution in [3.05, 3.63) is 64.9 Å². The Morgan fingerprint density at radius 3 is 2.39 bits per heavy atom. The van der Waals surface area contributed by atoms with Crippen molar-refractivity contribution < 1.29 is 14.6 Å². The largest absolute Gasteiger partial charge is 0.513 e. The standard InChI is InChI=1S/C25H32ClNO3S/c1-16(28)10-17-11-19(26)14-21(12-17)30-22-9-8-20(27-23(29)24(2,3)4)13-18(22)15-31-25(5,6)7/h8-9,11-14,28H,1,10,15H2,2-7H3,(H,27,29). The molecule has 0 aromatic heterocycles. The Bertz CT molecular complexity index is 958. The molecule has 0 aliphatic carbocycles. The minimum absolute atomic E-state index is 0.0423. The van der Waals surface area contributed by atoms with Crippen molar-refractivity contribution in [3.8, 4) is 11.5 Å². The van der Waals surface area contributed by atoms with E-state index in [-0.39, 0.29) is 16.4 Å². The molecule has 0 fully saturated rings. The Kier molecular flexibility index (Phi) is 8.12. The number of carbonyl (C=O) groups is 1. The molecule has 168 valence electrons. The van der Waals surface area contributed by atoms with E-state index in [1.807, 2.05) is 45.0 Å². The van der Waals surface area contributed by atoms with Gasteiger partial charge in [-0.15, -0.1) is 0 Å².